The normalized spacial score (nSPS) is 37.4. The topological polar surface area (TPSA) is 43.4 Å². The zero-order chi connectivity index (χ0) is 15.0. The Bertz CT molecular complexity index is 436. The maximum atomic E-state index is 12.4. The van der Waals surface area contributed by atoms with Gasteiger partial charge in [-0.3, -0.25) is 9.59 Å². The number of hydrogen-bond acceptors (Lipinski definition) is 3. The van der Waals surface area contributed by atoms with Crippen LogP contribution in [0.4, 0.5) is 0 Å². The van der Waals surface area contributed by atoms with Crippen molar-refractivity contribution >= 4 is 11.8 Å². The molecular formula is C17H26O3. The second-order valence-electron chi connectivity index (χ2n) is 6.90. The lowest BCUT2D eigenvalue weighted by molar-refractivity contribution is -0.148. The van der Waals surface area contributed by atoms with E-state index < -0.39 is 0 Å². The van der Waals surface area contributed by atoms with Crippen LogP contribution in [0.2, 0.25) is 0 Å². The number of rotatable bonds is 2. The third-order valence-corrected chi connectivity index (χ3v) is 5.01. The lowest BCUT2D eigenvalue weighted by Crippen LogP contribution is -2.45. The third-order valence-electron chi connectivity index (χ3n) is 5.01. The summed E-state index contributed by atoms with van der Waals surface area (Å²) in [6.45, 7) is 9.91. The first-order chi connectivity index (χ1) is 9.31. The predicted molar refractivity (Wildman–Crippen MR) is 78.0 cm³/mol. The van der Waals surface area contributed by atoms with Crippen LogP contribution in [0, 0.1) is 29.6 Å². The Morgan fingerprint density at radius 2 is 2.05 bits per heavy atom. The molecule has 112 valence electrons. The van der Waals surface area contributed by atoms with Crippen LogP contribution in [-0.2, 0) is 14.3 Å². The molecule has 0 N–H and O–H groups in total. The van der Waals surface area contributed by atoms with Gasteiger partial charge in [0.25, 0.3) is 0 Å². The molecular weight excluding hydrogens is 252 g/mol. The number of ketones is 1. The summed E-state index contributed by atoms with van der Waals surface area (Å²) in [6, 6.07) is 0. The molecule has 0 aromatic carbocycles. The fourth-order valence-electron chi connectivity index (χ4n) is 4.08. The average Bonchev–Trinajstić information content (AvgIpc) is 2.30. The van der Waals surface area contributed by atoms with Crippen molar-refractivity contribution in [2.24, 2.45) is 29.6 Å². The van der Waals surface area contributed by atoms with Crippen LogP contribution in [0.3, 0.4) is 0 Å². The molecule has 0 bridgehead atoms. The van der Waals surface area contributed by atoms with Gasteiger partial charge in [0.15, 0.2) is 0 Å². The lowest BCUT2D eigenvalue weighted by Gasteiger charge is -2.45. The molecule has 0 aromatic heterocycles. The van der Waals surface area contributed by atoms with Crippen molar-refractivity contribution in [3.8, 4) is 0 Å². The van der Waals surface area contributed by atoms with Gasteiger partial charge in [-0.2, -0.15) is 0 Å². The Balaban J connectivity index is 2.29. The van der Waals surface area contributed by atoms with E-state index in [1.54, 1.807) is 0 Å². The molecule has 3 heteroatoms. The minimum absolute atomic E-state index is 0.0998. The van der Waals surface area contributed by atoms with Crippen LogP contribution >= 0.6 is 0 Å². The predicted octanol–water partition coefficient (Wildman–Crippen LogP) is 3.38. The first-order valence-corrected chi connectivity index (χ1v) is 7.69. The van der Waals surface area contributed by atoms with E-state index in [-0.39, 0.29) is 18.0 Å². The molecule has 0 spiro atoms. The summed E-state index contributed by atoms with van der Waals surface area (Å²) in [4.78, 5) is 23.6. The highest BCUT2D eigenvalue weighted by molar-refractivity contribution is 5.83. The Kier molecular flexibility index (Phi) is 4.36. The second-order valence-corrected chi connectivity index (χ2v) is 6.90. The number of allylic oxidation sites excluding steroid dienone is 1. The minimum atomic E-state index is -0.221. The Morgan fingerprint density at radius 1 is 1.40 bits per heavy atom. The van der Waals surface area contributed by atoms with Crippen molar-refractivity contribution < 1.29 is 14.3 Å². The fourth-order valence-corrected chi connectivity index (χ4v) is 4.08. The minimum Gasteiger partial charge on any atom is -0.458 e. The van der Waals surface area contributed by atoms with Crippen LogP contribution in [0.1, 0.15) is 47.5 Å². The molecule has 20 heavy (non-hydrogen) atoms. The highest BCUT2D eigenvalue weighted by Gasteiger charge is 2.45. The third kappa shape index (κ3) is 2.82. The zero-order valence-electron chi connectivity index (χ0n) is 13.2. The van der Waals surface area contributed by atoms with E-state index in [0.717, 1.165) is 12.0 Å². The van der Waals surface area contributed by atoms with Gasteiger partial charge in [0.05, 0.1) is 0 Å². The van der Waals surface area contributed by atoms with Gasteiger partial charge < -0.3 is 4.74 Å². The average molecular weight is 278 g/mol. The summed E-state index contributed by atoms with van der Waals surface area (Å²) >= 11 is 0. The van der Waals surface area contributed by atoms with Crippen molar-refractivity contribution in [2.75, 3.05) is 0 Å². The maximum Gasteiger partial charge on any atom is 0.303 e. The van der Waals surface area contributed by atoms with Gasteiger partial charge in [-0.05, 0) is 42.6 Å². The number of esters is 1. The number of ether oxygens (including phenoxy) is 1. The molecule has 0 radical (unpaired) electrons. The smallest absolute Gasteiger partial charge is 0.303 e. The maximum absolute atomic E-state index is 12.4. The molecule has 5 unspecified atom stereocenters. The number of fused-ring (bicyclic) bond motifs is 1. The molecule has 0 saturated heterocycles. The SMILES string of the molecule is CC(=O)OC1CC2C(C)CC(=O)C(C(C)C)C2C=C1C. The molecule has 0 heterocycles. The first kappa shape index (κ1) is 15.3. The van der Waals surface area contributed by atoms with Crippen LogP contribution in [0.5, 0.6) is 0 Å². The van der Waals surface area contributed by atoms with E-state index in [1.807, 2.05) is 6.92 Å². The van der Waals surface area contributed by atoms with Crippen molar-refractivity contribution in [1.29, 1.82) is 0 Å². The number of carbonyl (C=O) groups is 2. The Hall–Kier alpha value is -1.12. The summed E-state index contributed by atoms with van der Waals surface area (Å²) in [5.74, 6) is 1.84. The highest BCUT2D eigenvalue weighted by atomic mass is 16.5. The number of Topliss-reactive ketones (excluding diaryl/α,β-unsaturated/α-hetero) is 1. The van der Waals surface area contributed by atoms with E-state index >= 15 is 0 Å². The van der Waals surface area contributed by atoms with Gasteiger partial charge in [-0.25, -0.2) is 0 Å². The van der Waals surface area contributed by atoms with Crippen LogP contribution < -0.4 is 0 Å². The van der Waals surface area contributed by atoms with Gasteiger partial charge >= 0.3 is 5.97 Å². The van der Waals surface area contributed by atoms with Gasteiger partial charge in [0.1, 0.15) is 11.9 Å². The van der Waals surface area contributed by atoms with E-state index in [1.165, 1.54) is 6.92 Å². The lowest BCUT2D eigenvalue weighted by atomic mass is 9.59. The van der Waals surface area contributed by atoms with Crippen LogP contribution in [-0.4, -0.2) is 17.9 Å². The number of carbonyl (C=O) groups excluding carboxylic acids is 2. The highest BCUT2D eigenvalue weighted by Crippen LogP contribution is 2.47. The number of hydrogen-bond donors (Lipinski definition) is 0. The monoisotopic (exact) mass is 278 g/mol. The molecule has 0 aliphatic heterocycles. The molecule has 2 aliphatic rings. The molecule has 3 nitrogen and oxygen atoms in total. The van der Waals surface area contributed by atoms with Crippen molar-refractivity contribution in [3.05, 3.63) is 11.6 Å². The van der Waals surface area contributed by atoms with Gasteiger partial charge in [0.2, 0.25) is 0 Å². The summed E-state index contributed by atoms with van der Waals surface area (Å²) in [5, 5.41) is 0. The zero-order valence-corrected chi connectivity index (χ0v) is 13.2. The molecule has 2 rings (SSSR count). The van der Waals surface area contributed by atoms with Crippen molar-refractivity contribution in [2.45, 2.75) is 53.6 Å². The molecule has 1 fully saturated rings. The van der Waals surface area contributed by atoms with Gasteiger partial charge in [0, 0.05) is 19.3 Å². The Labute approximate surface area is 121 Å². The van der Waals surface area contributed by atoms with Crippen molar-refractivity contribution in [1.82, 2.24) is 0 Å². The molecule has 0 aromatic rings. The van der Waals surface area contributed by atoms with Crippen molar-refractivity contribution in [3.63, 3.8) is 0 Å². The summed E-state index contributed by atoms with van der Waals surface area (Å²) in [5.41, 5.74) is 1.11. The fraction of sp³-hybridized carbons (Fsp3) is 0.765. The molecule has 5 atom stereocenters. The molecule has 0 amide bonds. The van der Waals surface area contributed by atoms with Crippen LogP contribution in [0.25, 0.3) is 0 Å². The first-order valence-electron chi connectivity index (χ1n) is 7.69. The second kappa shape index (κ2) is 5.71. The van der Waals surface area contributed by atoms with E-state index in [2.05, 4.69) is 26.8 Å². The summed E-state index contributed by atoms with van der Waals surface area (Å²) in [7, 11) is 0. The molecule has 2 aliphatic carbocycles. The standard InChI is InChI=1S/C17H26O3/c1-9(2)17-14-6-11(4)16(20-12(5)18)8-13(14)10(3)7-15(17)19/h6,9-10,13-14,16-17H,7-8H2,1-5H3. The van der Waals surface area contributed by atoms with Gasteiger partial charge in [-0.1, -0.05) is 26.8 Å². The van der Waals surface area contributed by atoms with Crippen LogP contribution in [0.15, 0.2) is 11.6 Å². The Morgan fingerprint density at radius 3 is 2.60 bits per heavy atom. The molecule has 1 saturated carbocycles. The van der Waals surface area contributed by atoms with E-state index in [4.69, 9.17) is 4.74 Å². The summed E-state index contributed by atoms with van der Waals surface area (Å²) in [6.07, 6.45) is 3.64. The largest absolute Gasteiger partial charge is 0.458 e. The van der Waals surface area contributed by atoms with E-state index in [0.29, 0.717) is 35.9 Å². The summed E-state index contributed by atoms with van der Waals surface area (Å²) < 4.78 is 5.43. The van der Waals surface area contributed by atoms with Gasteiger partial charge in [-0.15, -0.1) is 0 Å². The quantitative estimate of drug-likeness (QED) is 0.574. The van der Waals surface area contributed by atoms with E-state index in [9.17, 15) is 9.59 Å².